The van der Waals surface area contributed by atoms with Gasteiger partial charge >= 0.3 is 0 Å². The van der Waals surface area contributed by atoms with Crippen LogP contribution in [0.15, 0.2) is 0 Å². The van der Waals surface area contributed by atoms with Crippen LogP contribution in [0.25, 0.3) is 0 Å². The van der Waals surface area contributed by atoms with Gasteiger partial charge in [-0.15, -0.1) is 0 Å². The third-order valence-corrected chi connectivity index (χ3v) is 3.19. The number of hydrogen-bond donors (Lipinski definition) is 1. The van der Waals surface area contributed by atoms with Crippen molar-refractivity contribution in [2.45, 2.75) is 12.8 Å². The zero-order valence-corrected chi connectivity index (χ0v) is 7.74. The fourth-order valence-corrected chi connectivity index (χ4v) is 2.25. The molecular weight excluding hydrogens is 158 g/mol. The standard InChI is InChI=1S/C8H17NOS/c9-3-6-11-7-8-1-4-10-5-2-8/h8H,1-7,9H2. The molecule has 0 amide bonds. The Bertz CT molecular complexity index is 94.1. The summed E-state index contributed by atoms with van der Waals surface area (Å²) in [4.78, 5) is 0. The van der Waals surface area contributed by atoms with Crippen LogP contribution in [0.4, 0.5) is 0 Å². The van der Waals surface area contributed by atoms with E-state index in [9.17, 15) is 0 Å². The quantitative estimate of drug-likeness (QED) is 0.650. The summed E-state index contributed by atoms with van der Waals surface area (Å²) in [6.07, 6.45) is 2.50. The number of ether oxygens (including phenoxy) is 1. The molecule has 3 heteroatoms. The van der Waals surface area contributed by atoms with Crippen LogP contribution in [0.5, 0.6) is 0 Å². The minimum atomic E-state index is 0.813. The van der Waals surface area contributed by atoms with Gasteiger partial charge in [0.25, 0.3) is 0 Å². The molecule has 1 aliphatic rings. The number of rotatable bonds is 4. The van der Waals surface area contributed by atoms with Crippen LogP contribution in [0.3, 0.4) is 0 Å². The predicted molar refractivity (Wildman–Crippen MR) is 49.9 cm³/mol. The van der Waals surface area contributed by atoms with Crippen molar-refractivity contribution in [2.24, 2.45) is 11.7 Å². The van der Waals surface area contributed by atoms with Crippen LogP contribution in [-0.2, 0) is 4.74 Å². The minimum absolute atomic E-state index is 0.813. The molecule has 0 unspecified atom stereocenters. The van der Waals surface area contributed by atoms with Gasteiger partial charge in [-0.25, -0.2) is 0 Å². The third kappa shape index (κ3) is 3.99. The third-order valence-electron chi connectivity index (χ3n) is 1.96. The highest BCUT2D eigenvalue weighted by molar-refractivity contribution is 7.99. The summed E-state index contributed by atoms with van der Waals surface area (Å²) in [5.41, 5.74) is 5.40. The number of thioether (sulfide) groups is 1. The van der Waals surface area contributed by atoms with E-state index in [0.717, 1.165) is 31.4 Å². The van der Waals surface area contributed by atoms with Gasteiger partial charge in [0.1, 0.15) is 0 Å². The van der Waals surface area contributed by atoms with Crippen molar-refractivity contribution in [1.29, 1.82) is 0 Å². The maximum absolute atomic E-state index is 5.40. The Hall–Kier alpha value is 0.270. The molecule has 1 rings (SSSR count). The van der Waals surface area contributed by atoms with Gasteiger partial charge in [-0.05, 0) is 24.5 Å². The van der Waals surface area contributed by atoms with Gasteiger partial charge in [-0.2, -0.15) is 11.8 Å². The molecule has 2 nitrogen and oxygen atoms in total. The molecule has 0 radical (unpaired) electrons. The first-order chi connectivity index (χ1) is 5.43. The van der Waals surface area contributed by atoms with Crippen molar-refractivity contribution in [3.63, 3.8) is 0 Å². The molecular formula is C8H17NOS. The fourth-order valence-electron chi connectivity index (χ4n) is 1.25. The first-order valence-electron chi connectivity index (χ1n) is 4.29. The lowest BCUT2D eigenvalue weighted by atomic mass is 10.0. The van der Waals surface area contributed by atoms with Crippen molar-refractivity contribution in [2.75, 3.05) is 31.3 Å². The largest absolute Gasteiger partial charge is 0.381 e. The molecule has 1 fully saturated rings. The lowest BCUT2D eigenvalue weighted by molar-refractivity contribution is 0.0728. The average Bonchev–Trinajstić information content (AvgIpc) is 2.07. The zero-order valence-electron chi connectivity index (χ0n) is 6.92. The molecule has 11 heavy (non-hydrogen) atoms. The molecule has 0 aromatic heterocycles. The van der Waals surface area contributed by atoms with Gasteiger partial charge in [0.2, 0.25) is 0 Å². The Labute approximate surface area is 72.9 Å². The van der Waals surface area contributed by atoms with Crippen molar-refractivity contribution in [3.05, 3.63) is 0 Å². The Morgan fingerprint density at radius 3 is 2.73 bits per heavy atom. The van der Waals surface area contributed by atoms with Gasteiger partial charge < -0.3 is 10.5 Å². The molecule has 66 valence electrons. The molecule has 0 spiro atoms. The van der Waals surface area contributed by atoms with E-state index in [2.05, 4.69) is 0 Å². The second-order valence-electron chi connectivity index (χ2n) is 2.92. The highest BCUT2D eigenvalue weighted by Gasteiger charge is 2.12. The van der Waals surface area contributed by atoms with E-state index in [1.165, 1.54) is 18.6 Å². The normalized spacial score (nSPS) is 20.5. The lowest BCUT2D eigenvalue weighted by Crippen LogP contribution is -2.18. The van der Waals surface area contributed by atoms with E-state index in [-0.39, 0.29) is 0 Å². The second kappa shape index (κ2) is 5.86. The Morgan fingerprint density at radius 2 is 2.09 bits per heavy atom. The SMILES string of the molecule is NCCSCC1CCOCC1. The highest BCUT2D eigenvalue weighted by atomic mass is 32.2. The molecule has 0 aliphatic carbocycles. The number of hydrogen-bond acceptors (Lipinski definition) is 3. The zero-order chi connectivity index (χ0) is 7.94. The van der Waals surface area contributed by atoms with Gasteiger partial charge in [0.05, 0.1) is 0 Å². The highest BCUT2D eigenvalue weighted by Crippen LogP contribution is 2.19. The first-order valence-corrected chi connectivity index (χ1v) is 5.44. The van der Waals surface area contributed by atoms with E-state index in [0.29, 0.717) is 0 Å². The smallest absolute Gasteiger partial charge is 0.0468 e. The Morgan fingerprint density at radius 1 is 1.36 bits per heavy atom. The van der Waals surface area contributed by atoms with E-state index in [1.807, 2.05) is 11.8 Å². The lowest BCUT2D eigenvalue weighted by Gasteiger charge is -2.21. The molecule has 0 aromatic rings. The van der Waals surface area contributed by atoms with Crippen molar-refractivity contribution in [3.8, 4) is 0 Å². The Balaban J connectivity index is 1.96. The van der Waals surface area contributed by atoms with Crippen LogP contribution in [-0.4, -0.2) is 31.3 Å². The van der Waals surface area contributed by atoms with Crippen molar-refractivity contribution in [1.82, 2.24) is 0 Å². The monoisotopic (exact) mass is 175 g/mol. The average molecular weight is 175 g/mol. The summed E-state index contributed by atoms with van der Waals surface area (Å²) in [6, 6.07) is 0. The van der Waals surface area contributed by atoms with Crippen LogP contribution in [0.1, 0.15) is 12.8 Å². The molecule has 0 saturated carbocycles. The van der Waals surface area contributed by atoms with Crippen LogP contribution in [0.2, 0.25) is 0 Å². The molecule has 0 atom stereocenters. The number of nitrogens with two attached hydrogens (primary N) is 1. The van der Waals surface area contributed by atoms with E-state index in [4.69, 9.17) is 10.5 Å². The second-order valence-corrected chi connectivity index (χ2v) is 4.07. The summed E-state index contributed by atoms with van der Waals surface area (Å²) >= 11 is 1.98. The summed E-state index contributed by atoms with van der Waals surface area (Å²) < 4.78 is 5.27. The topological polar surface area (TPSA) is 35.2 Å². The van der Waals surface area contributed by atoms with Gasteiger partial charge in [0, 0.05) is 25.5 Å². The van der Waals surface area contributed by atoms with Gasteiger partial charge in [-0.3, -0.25) is 0 Å². The van der Waals surface area contributed by atoms with E-state index in [1.54, 1.807) is 0 Å². The predicted octanol–water partition coefficient (Wildman–Crippen LogP) is 1.10. The molecule has 0 aromatic carbocycles. The van der Waals surface area contributed by atoms with Crippen LogP contribution >= 0.6 is 11.8 Å². The van der Waals surface area contributed by atoms with Crippen molar-refractivity contribution < 1.29 is 4.74 Å². The summed E-state index contributed by atoms with van der Waals surface area (Å²) in [5.74, 6) is 3.28. The Kier molecular flexibility index (Phi) is 4.99. The minimum Gasteiger partial charge on any atom is -0.381 e. The molecule has 0 bridgehead atoms. The molecule has 2 N–H and O–H groups in total. The molecule has 1 saturated heterocycles. The van der Waals surface area contributed by atoms with E-state index < -0.39 is 0 Å². The van der Waals surface area contributed by atoms with Crippen molar-refractivity contribution >= 4 is 11.8 Å². The molecule has 1 aliphatic heterocycles. The maximum atomic E-state index is 5.40. The van der Waals surface area contributed by atoms with E-state index >= 15 is 0 Å². The van der Waals surface area contributed by atoms with Gasteiger partial charge in [0.15, 0.2) is 0 Å². The van der Waals surface area contributed by atoms with Gasteiger partial charge in [-0.1, -0.05) is 0 Å². The fraction of sp³-hybridized carbons (Fsp3) is 1.00. The summed E-state index contributed by atoms with van der Waals surface area (Å²) in [5, 5.41) is 0. The summed E-state index contributed by atoms with van der Waals surface area (Å²) in [6.45, 7) is 2.75. The molecule has 1 heterocycles. The first kappa shape index (κ1) is 9.36. The summed E-state index contributed by atoms with van der Waals surface area (Å²) in [7, 11) is 0. The van der Waals surface area contributed by atoms with Crippen LogP contribution in [0, 0.1) is 5.92 Å². The maximum Gasteiger partial charge on any atom is 0.0468 e. The van der Waals surface area contributed by atoms with Crippen LogP contribution < -0.4 is 5.73 Å².